The first-order valence-electron chi connectivity index (χ1n) is 11.8. The molecule has 0 radical (unpaired) electrons. The smallest absolute Gasteiger partial charge is 0.257 e. The van der Waals surface area contributed by atoms with Crippen molar-refractivity contribution in [3.63, 3.8) is 0 Å². The van der Waals surface area contributed by atoms with Crippen molar-refractivity contribution in [2.45, 2.75) is 26.2 Å². The Morgan fingerprint density at radius 2 is 1.71 bits per heavy atom. The van der Waals surface area contributed by atoms with Gasteiger partial charge in [-0.15, -0.1) is 0 Å². The van der Waals surface area contributed by atoms with Crippen molar-refractivity contribution >= 4 is 23.4 Å². The maximum Gasteiger partial charge on any atom is 0.257 e. The van der Waals surface area contributed by atoms with Gasteiger partial charge in [0.1, 0.15) is 12.1 Å². The summed E-state index contributed by atoms with van der Waals surface area (Å²) in [4.78, 5) is 40.5. The number of amides is 2. The molecule has 2 aliphatic rings. The Balaban J connectivity index is 1.45. The largest absolute Gasteiger partial charge is 0.493 e. The summed E-state index contributed by atoms with van der Waals surface area (Å²) in [6.07, 6.45) is 4.83. The van der Waals surface area contributed by atoms with E-state index in [0.29, 0.717) is 55.2 Å². The molecule has 3 heterocycles. The molecule has 9 heteroatoms. The van der Waals surface area contributed by atoms with E-state index in [-0.39, 0.29) is 17.2 Å². The van der Waals surface area contributed by atoms with Crippen LogP contribution in [0.3, 0.4) is 0 Å². The Hall–Kier alpha value is -2.71. The number of rotatable bonds is 6. The topological polar surface area (TPSA) is 78.9 Å². The lowest BCUT2D eigenvalue weighted by atomic mass is 9.75. The highest BCUT2D eigenvalue weighted by molar-refractivity contribution is 6.30. The van der Waals surface area contributed by atoms with Gasteiger partial charge in [-0.2, -0.15) is 0 Å². The minimum absolute atomic E-state index is 0.0595. The first-order chi connectivity index (χ1) is 16.3. The molecule has 8 nitrogen and oxygen atoms in total. The number of aromatic nitrogens is 2. The Labute approximate surface area is 205 Å². The van der Waals surface area contributed by atoms with Gasteiger partial charge in [0.15, 0.2) is 0 Å². The summed E-state index contributed by atoms with van der Waals surface area (Å²) in [5, 5.41) is 0.652. The van der Waals surface area contributed by atoms with E-state index < -0.39 is 0 Å². The number of hydrogen-bond acceptors (Lipinski definition) is 6. The highest BCUT2D eigenvalue weighted by atomic mass is 35.5. The van der Waals surface area contributed by atoms with Gasteiger partial charge in [-0.3, -0.25) is 9.59 Å². The standard InChI is InChI=1S/C25H32ClN5O3/c1-19-22(16-27-18-28-19)24(33)31-9-7-25(8-10-31,17-34-21-5-3-20(26)4-6-21)15-23(32)30-13-11-29(2)12-14-30/h3-6,16,18H,7-15,17H2,1-2H3. The van der Waals surface area contributed by atoms with Crippen LogP contribution in [0.25, 0.3) is 0 Å². The lowest BCUT2D eigenvalue weighted by molar-refractivity contribution is -0.136. The molecule has 0 spiro atoms. The summed E-state index contributed by atoms with van der Waals surface area (Å²) in [5.74, 6) is 0.835. The molecule has 2 aromatic rings. The van der Waals surface area contributed by atoms with Crippen LogP contribution in [0.5, 0.6) is 5.75 Å². The first kappa shape index (κ1) is 24.4. The number of piperidine rings is 1. The number of halogens is 1. The van der Waals surface area contributed by atoms with Crippen LogP contribution in [-0.4, -0.2) is 89.4 Å². The monoisotopic (exact) mass is 485 g/mol. The molecule has 0 aliphatic carbocycles. The van der Waals surface area contributed by atoms with Gasteiger partial charge in [0.2, 0.25) is 5.91 Å². The fraction of sp³-hybridized carbons (Fsp3) is 0.520. The van der Waals surface area contributed by atoms with E-state index in [9.17, 15) is 9.59 Å². The van der Waals surface area contributed by atoms with Crippen LogP contribution in [-0.2, 0) is 4.79 Å². The number of likely N-dealkylation sites (tertiary alicyclic amines) is 1. The Bertz CT molecular complexity index is 1000. The van der Waals surface area contributed by atoms with Gasteiger partial charge in [0.25, 0.3) is 5.91 Å². The Morgan fingerprint density at radius 1 is 1.03 bits per heavy atom. The third-order valence-electron chi connectivity index (χ3n) is 6.99. The first-order valence-corrected chi connectivity index (χ1v) is 12.1. The van der Waals surface area contributed by atoms with E-state index >= 15 is 0 Å². The zero-order chi connectivity index (χ0) is 24.1. The molecule has 34 heavy (non-hydrogen) atoms. The number of aryl methyl sites for hydroxylation is 1. The number of benzene rings is 1. The third kappa shape index (κ3) is 5.85. The van der Waals surface area contributed by atoms with Gasteiger partial charge < -0.3 is 19.4 Å². The van der Waals surface area contributed by atoms with Crippen LogP contribution in [0.2, 0.25) is 5.02 Å². The lowest BCUT2D eigenvalue weighted by Gasteiger charge is -2.42. The van der Waals surface area contributed by atoms with Gasteiger partial charge in [-0.05, 0) is 51.1 Å². The van der Waals surface area contributed by atoms with E-state index in [4.69, 9.17) is 16.3 Å². The second kappa shape index (κ2) is 10.7. The molecular weight excluding hydrogens is 454 g/mol. The van der Waals surface area contributed by atoms with Crippen LogP contribution in [0.1, 0.15) is 35.3 Å². The van der Waals surface area contributed by atoms with Gasteiger partial charge in [0.05, 0.1) is 17.9 Å². The summed E-state index contributed by atoms with van der Waals surface area (Å²) in [5.41, 5.74) is 0.869. The SMILES string of the molecule is Cc1ncncc1C(=O)N1CCC(COc2ccc(Cl)cc2)(CC(=O)N2CCN(C)CC2)CC1. The summed E-state index contributed by atoms with van der Waals surface area (Å²) in [6.45, 7) is 6.64. The molecule has 182 valence electrons. The zero-order valence-electron chi connectivity index (χ0n) is 19.9. The molecule has 2 aliphatic heterocycles. The van der Waals surface area contributed by atoms with E-state index in [0.717, 1.165) is 31.9 Å². The number of piperazine rings is 1. The van der Waals surface area contributed by atoms with E-state index in [2.05, 4.69) is 21.9 Å². The predicted octanol–water partition coefficient (Wildman–Crippen LogP) is 2.90. The molecule has 0 N–H and O–H groups in total. The Morgan fingerprint density at radius 3 is 2.35 bits per heavy atom. The average molecular weight is 486 g/mol. The van der Waals surface area contributed by atoms with Gasteiger partial charge in [-0.25, -0.2) is 9.97 Å². The number of carbonyl (C=O) groups excluding carboxylic acids is 2. The molecule has 0 atom stereocenters. The highest BCUT2D eigenvalue weighted by Gasteiger charge is 2.40. The highest BCUT2D eigenvalue weighted by Crippen LogP contribution is 2.37. The summed E-state index contributed by atoms with van der Waals surface area (Å²) >= 11 is 6.00. The van der Waals surface area contributed by atoms with Crippen LogP contribution in [0.15, 0.2) is 36.8 Å². The van der Waals surface area contributed by atoms with Crippen molar-refractivity contribution < 1.29 is 14.3 Å². The van der Waals surface area contributed by atoms with Gasteiger partial charge >= 0.3 is 0 Å². The second-order valence-corrected chi connectivity index (χ2v) is 9.85. The fourth-order valence-corrected chi connectivity index (χ4v) is 4.71. The molecule has 0 bridgehead atoms. The van der Waals surface area contributed by atoms with Crippen LogP contribution in [0, 0.1) is 12.3 Å². The molecule has 0 saturated carbocycles. The number of ether oxygens (including phenoxy) is 1. The van der Waals surface area contributed by atoms with Crippen LogP contribution in [0.4, 0.5) is 0 Å². The van der Waals surface area contributed by atoms with E-state index in [1.54, 1.807) is 18.3 Å². The predicted molar refractivity (Wildman–Crippen MR) is 130 cm³/mol. The van der Waals surface area contributed by atoms with Crippen molar-refractivity contribution in [3.8, 4) is 5.75 Å². The number of carbonyl (C=O) groups is 2. The summed E-state index contributed by atoms with van der Waals surface area (Å²) < 4.78 is 6.15. The number of likely N-dealkylation sites (N-methyl/N-ethyl adjacent to an activating group) is 1. The van der Waals surface area contributed by atoms with Gasteiger partial charge in [-0.1, -0.05) is 11.6 Å². The van der Waals surface area contributed by atoms with Crippen molar-refractivity contribution in [2.24, 2.45) is 5.41 Å². The molecule has 1 aromatic heterocycles. The molecule has 2 fully saturated rings. The maximum atomic E-state index is 13.3. The minimum atomic E-state index is -0.334. The normalized spacial score (nSPS) is 18.6. The molecule has 0 unspecified atom stereocenters. The second-order valence-electron chi connectivity index (χ2n) is 9.42. The van der Waals surface area contributed by atoms with E-state index in [1.165, 1.54) is 6.33 Å². The summed E-state index contributed by atoms with van der Waals surface area (Å²) in [6, 6.07) is 7.28. The van der Waals surface area contributed by atoms with Gasteiger partial charge in [0, 0.05) is 62.3 Å². The molecule has 2 saturated heterocycles. The maximum absolute atomic E-state index is 13.3. The van der Waals surface area contributed by atoms with E-state index in [1.807, 2.05) is 28.9 Å². The minimum Gasteiger partial charge on any atom is -0.493 e. The number of nitrogens with zero attached hydrogens (tertiary/aromatic N) is 5. The Kier molecular flexibility index (Phi) is 7.68. The summed E-state index contributed by atoms with van der Waals surface area (Å²) in [7, 11) is 2.08. The fourth-order valence-electron chi connectivity index (χ4n) is 4.58. The van der Waals surface area contributed by atoms with Crippen molar-refractivity contribution in [3.05, 3.63) is 53.1 Å². The lowest BCUT2D eigenvalue weighted by Crippen LogP contribution is -2.51. The molecule has 4 rings (SSSR count). The average Bonchev–Trinajstić information content (AvgIpc) is 2.84. The van der Waals surface area contributed by atoms with Crippen molar-refractivity contribution in [1.82, 2.24) is 24.7 Å². The molecule has 2 amide bonds. The third-order valence-corrected chi connectivity index (χ3v) is 7.25. The number of hydrogen-bond donors (Lipinski definition) is 0. The van der Waals surface area contributed by atoms with Crippen LogP contribution < -0.4 is 4.74 Å². The van der Waals surface area contributed by atoms with Crippen LogP contribution >= 0.6 is 11.6 Å². The van der Waals surface area contributed by atoms with Crippen molar-refractivity contribution in [1.29, 1.82) is 0 Å². The quantitative estimate of drug-likeness (QED) is 0.626. The van der Waals surface area contributed by atoms with Crippen molar-refractivity contribution in [2.75, 3.05) is 52.9 Å². The zero-order valence-corrected chi connectivity index (χ0v) is 20.6. The molecule has 1 aromatic carbocycles. The molecular formula is C25H32ClN5O3.